The summed E-state index contributed by atoms with van der Waals surface area (Å²) < 4.78 is 0. The summed E-state index contributed by atoms with van der Waals surface area (Å²) in [6, 6.07) is 1.93. The zero-order chi connectivity index (χ0) is 12.0. The third kappa shape index (κ3) is 3.98. The van der Waals surface area contributed by atoms with Gasteiger partial charge in [0.05, 0.1) is 6.61 Å². The first-order valence-electron chi connectivity index (χ1n) is 5.53. The normalized spacial score (nSPS) is 10.8. The fourth-order valence-electron chi connectivity index (χ4n) is 1.20. The molecular formula is C11H19N3OS. The topological polar surface area (TPSA) is 58.0 Å². The lowest BCUT2D eigenvalue weighted by Gasteiger charge is -2.10. The average Bonchev–Trinajstić information content (AvgIpc) is 2.26. The van der Waals surface area contributed by atoms with Crippen LogP contribution in [0.4, 0.5) is 5.82 Å². The van der Waals surface area contributed by atoms with Crippen molar-refractivity contribution in [3.8, 4) is 0 Å². The first-order chi connectivity index (χ1) is 7.67. The highest BCUT2D eigenvalue weighted by atomic mass is 32.2. The molecule has 1 rings (SSSR count). The Kier molecular flexibility index (Phi) is 5.55. The first kappa shape index (κ1) is 13.3. The summed E-state index contributed by atoms with van der Waals surface area (Å²) in [7, 11) is 0. The number of nitrogens with one attached hydrogen (secondary N) is 1. The molecule has 0 saturated heterocycles. The van der Waals surface area contributed by atoms with Gasteiger partial charge in [0.1, 0.15) is 16.7 Å². The lowest BCUT2D eigenvalue weighted by atomic mass is 10.2. The highest BCUT2D eigenvalue weighted by Gasteiger charge is 2.07. The van der Waals surface area contributed by atoms with Crippen molar-refractivity contribution in [1.29, 1.82) is 0 Å². The van der Waals surface area contributed by atoms with Crippen LogP contribution in [0.1, 0.15) is 32.5 Å². The number of hydrogen-bond acceptors (Lipinski definition) is 5. The van der Waals surface area contributed by atoms with Crippen LogP contribution in [0.15, 0.2) is 11.1 Å². The first-order valence-corrected chi connectivity index (χ1v) is 6.52. The molecule has 0 aliphatic rings. The zero-order valence-electron chi connectivity index (χ0n) is 10.0. The molecule has 0 aliphatic heterocycles. The van der Waals surface area contributed by atoms with E-state index < -0.39 is 0 Å². The maximum atomic E-state index is 8.80. The Morgan fingerprint density at radius 1 is 1.44 bits per heavy atom. The Balaban J connectivity index is 2.89. The van der Waals surface area contributed by atoms with E-state index in [1.54, 1.807) is 11.8 Å². The largest absolute Gasteiger partial charge is 0.396 e. The van der Waals surface area contributed by atoms with Gasteiger partial charge < -0.3 is 10.4 Å². The SMILES string of the molecule is CCNc1cc(SCCO)nc(C(C)C)n1. The maximum Gasteiger partial charge on any atom is 0.134 e. The molecule has 16 heavy (non-hydrogen) atoms. The third-order valence-corrected chi connectivity index (χ3v) is 2.83. The number of rotatable bonds is 6. The second kappa shape index (κ2) is 6.70. The van der Waals surface area contributed by atoms with E-state index in [1.165, 1.54) is 0 Å². The van der Waals surface area contributed by atoms with Crippen LogP contribution in [0.25, 0.3) is 0 Å². The molecule has 0 fully saturated rings. The molecule has 4 nitrogen and oxygen atoms in total. The van der Waals surface area contributed by atoms with Crippen LogP contribution in [-0.4, -0.2) is 34.0 Å². The molecule has 0 amide bonds. The van der Waals surface area contributed by atoms with Crippen LogP contribution < -0.4 is 5.32 Å². The van der Waals surface area contributed by atoms with Gasteiger partial charge in [0.15, 0.2) is 0 Å². The molecular weight excluding hydrogens is 222 g/mol. The predicted octanol–water partition coefficient (Wildman–Crippen LogP) is 2.12. The molecule has 0 aromatic carbocycles. The summed E-state index contributed by atoms with van der Waals surface area (Å²) in [5, 5.41) is 12.9. The van der Waals surface area contributed by atoms with E-state index in [0.717, 1.165) is 23.2 Å². The lowest BCUT2D eigenvalue weighted by molar-refractivity contribution is 0.322. The fourth-order valence-corrected chi connectivity index (χ4v) is 1.85. The average molecular weight is 241 g/mol. The van der Waals surface area contributed by atoms with Crippen molar-refractivity contribution in [2.45, 2.75) is 31.7 Å². The van der Waals surface area contributed by atoms with Crippen LogP contribution in [-0.2, 0) is 0 Å². The van der Waals surface area contributed by atoms with Crippen LogP contribution in [0, 0.1) is 0 Å². The van der Waals surface area contributed by atoms with E-state index in [-0.39, 0.29) is 6.61 Å². The summed E-state index contributed by atoms with van der Waals surface area (Å²) in [6.45, 7) is 7.20. The minimum Gasteiger partial charge on any atom is -0.396 e. The third-order valence-electron chi connectivity index (χ3n) is 1.94. The number of nitrogens with zero attached hydrogens (tertiary/aromatic N) is 2. The van der Waals surface area contributed by atoms with E-state index >= 15 is 0 Å². The van der Waals surface area contributed by atoms with Gasteiger partial charge in [-0.15, -0.1) is 11.8 Å². The monoisotopic (exact) mass is 241 g/mol. The molecule has 2 N–H and O–H groups in total. The number of anilines is 1. The number of aliphatic hydroxyl groups is 1. The number of aliphatic hydroxyl groups excluding tert-OH is 1. The van der Waals surface area contributed by atoms with Gasteiger partial charge >= 0.3 is 0 Å². The van der Waals surface area contributed by atoms with Crippen LogP contribution >= 0.6 is 11.8 Å². The molecule has 0 unspecified atom stereocenters. The van der Waals surface area contributed by atoms with Crippen molar-refractivity contribution in [3.05, 3.63) is 11.9 Å². The molecule has 5 heteroatoms. The van der Waals surface area contributed by atoms with Crippen LogP contribution in [0.2, 0.25) is 0 Å². The zero-order valence-corrected chi connectivity index (χ0v) is 10.8. The quantitative estimate of drug-likeness (QED) is 0.590. The summed E-state index contributed by atoms with van der Waals surface area (Å²) >= 11 is 1.55. The predicted molar refractivity (Wildman–Crippen MR) is 68.1 cm³/mol. The fraction of sp³-hybridized carbons (Fsp3) is 0.636. The van der Waals surface area contributed by atoms with Crippen molar-refractivity contribution in [1.82, 2.24) is 9.97 Å². The van der Waals surface area contributed by atoms with Crippen LogP contribution in [0.5, 0.6) is 0 Å². The highest BCUT2D eigenvalue weighted by molar-refractivity contribution is 7.99. The van der Waals surface area contributed by atoms with E-state index in [4.69, 9.17) is 5.11 Å². The van der Waals surface area contributed by atoms with E-state index in [2.05, 4.69) is 29.1 Å². The van der Waals surface area contributed by atoms with E-state index in [0.29, 0.717) is 11.7 Å². The van der Waals surface area contributed by atoms with Crippen molar-refractivity contribution in [2.75, 3.05) is 24.2 Å². The second-order valence-corrected chi connectivity index (χ2v) is 4.82. The summed E-state index contributed by atoms with van der Waals surface area (Å²) in [5.41, 5.74) is 0. The summed E-state index contributed by atoms with van der Waals surface area (Å²) in [4.78, 5) is 8.89. The maximum absolute atomic E-state index is 8.80. The Hall–Kier alpha value is -0.810. The molecule has 0 radical (unpaired) electrons. The number of thioether (sulfide) groups is 1. The van der Waals surface area contributed by atoms with Gasteiger partial charge in [0, 0.05) is 24.3 Å². The summed E-state index contributed by atoms with van der Waals surface area (Å²) in [6.07, 6.45) is 0. The molecule has 90 valence electrons. The van der Waals surface area contributed by atoms with Crippen molar-refractivity contribution < 1.29 is 5.11 Å². The Morgan fingerprint density at radius 3 is 2.75 bits per heavy atom. The Morgan fingerprint density at radius 2 is 2.19 bits per heavy atom. The van der Waals surface area contributed by atoms with Crippen LogP contribution in [0.3, 0.4) is 0 Å². The molecule has 1 aromatic heterocycles. The van der Waals surface area contributed by atoms with Crippen molar-refractivity contribution in [2.24, 2.45) is 0 Å². The molecule has 0 saturated carbocycles. The Bertz CT molecular complexity index is 331. The van der Waals surface area contributed by atoms with Gasteiger partial charge in [-0.1, -0.05) is 13.8 Å². The molecule has 0 atom stereocenters. The Labute approximate surface area is 101 Å². The summed E-state index contributed by atoms with van der Waals surface area (Å²) in [5.74, 6) is 2.69. The van der Waals surface area contributed by atoms with Gasteiger partial charge in [-0.3, -0.25) is 0 Å². The van der Waals surface area contributed by atoms with Gasteiger partial charge in [-0.25, -0.2) is 9.97 Å². The van der Waals surface area contributed by atoms with Gasteiger partial charge in [0.2, 0.25) is 0 Å². The van der Waals surface area contributed by atoms with Crippen molar-refractivity contribution in [3.63, 3.8) is 0 Å². The second-order valence-electron chi connectivity index (χ2n) is 3.71. The molecule has 1 aromatic rings. The van der Waals surface area contributed by atoms with Crippen molar-refractivity contribution >= 4 is 17.6 Å². The smallest absolute Gasteiger partial charge is 0.134 e. The molecule has 0 aliphatic carbocycles. The van der Waals surface area contributed by atoms with Gasteiger partial charge in [0.25, 0.3) is 0 Å². The standard InChI is InChI=1S/C11H19N3OS/c1-4-12-9-7-10(16-6-5-15)14-11(13-9)8(2)3/h7-8,15H,4-6H2,1-3H3,(H,12,13,14). The minimum atomic E-state index is 0.169. The van der Waals surface area contributed by atoms with E-state index in [9.17, 15) is 0 Å². The number of hydrogen-bond donors (Lipinski definition) is 2. The minimum absolute atomic E-state index is 0.169. The van der Waals surface area contributed by atoms with Gasteiger partial charge in [-0.05, 0) is 6.92 Å². The van der Waals surface area contributed by atoms with Gasteiger partial charge in [-0.2, -0.15) is 0 Å². The molecule has 0 spiro atoms. The van der Waals surface area contributed by atoms with E-state index in [1.807, 2.05) is 13.0 Å². The highest BCUT2D eigenvalue weighted by Crippen LogP contribution is 2.21. The molecule has 0 bridgehead atoms. The molecule has 1 heterocycles. The number of aromatic nitrogens is 2. The lowest BCUT2D eigenvalue weighted by Crippen LogP contribution is -2.05.